The zero-order chi connectivity index (χ0) is 12.0. The maximum atomic E-state index is 6.47. The molecule has 17 heavy (non-hydrogen) atoms. The van der Waals surface area contributed by atoms with Gasteiger partial charge in [-0.3, -0.25) is 0 Å². The molecule has 0 amide bonds. The van der Waals surface area contributed by atoms with Crippen LogP contribution in [-0.4, -0.2) is 24.0 Å². The van der Waals surface area contributed by atoms with E-state index in [1.165, 1.54) is 35.4 Å². The summed E-state index contributed by atoms with van der Waals surface area (Å²) in [4.78, 5) is 5.35. The van der Waals surface area contributed by atoms with Crippen molar-refractivity contribution < 1.29 is 0 Å². The maximum absolute atomic E-state index is 6.47. The molecule has 2 N–H and O–H groups in total. The van der Waals surface area contributed by atoms with E-state index in [0.29, 0.717) is 5.92 Å². The van der Waals surface area contributed by atoms with Gasteiger partial charge in [-0.1, -0.05) is 0 Å². The van der Waals surface area contributed by atoms with E-state index in [4.69, 9.17) is 5.73 Å². The van der Waals surface area contributed by atoms with Gasteiger partial charge in [-0.15, -0.1) is 11.3 Å². The summed E-state index contributed by atoms with van der Waals surface area (Å²) in [5.74, 6) is 0.696. The molecule has 3 unspecified atom stereocenters. The van der Waals surface area contributed by atoms with Gasteiger partial charge in [-0.25, -0.2) is 0 Å². The lowest BCUT2D eigenvalue weighted by Gasteiger charge is -2.38. The van der Waals surface area contributed by atoms with Crippen molar-refractivity contribution >= 4 is 11.3 Å². The van der Waals surface area contributed by atoms with E-state index in [1.54, 1.807) is 0 Å². The number of fused-ring (bicyclic) bond motifs is 2. The Morgan fingerprint density at radius 1 is 1.29 bits per heavy atom. The number of thiophene rings is 1. The van der Waals surface area contributed by atoms with Crippen LogP contribution in [0.2, 0.25) is 0 Å². The maximum Gasteiger partial charge on any atom is 0.0419 e. The summed E-state index contributed by atoms with van der Waals surface area (Å²) in [6.07, 6.45) is 5.36. The first kappa shape index (κ1) is 11.7. The molecule has 1 aromatic rings. The first-order valence-corrected chi connectivity index (χ1v) is 7.50. The molecule has 2 saturated heterocycles. The van der Waals surface area contributed by atoms with Crippen LogP contribution in [0, 0.1) is 12.8 Å². The Hall–Kier alpha value is -0.380. The number of rotatable bonds is 2. The van der Waals surface area contributed by atoms with Crippen molar-refractivity contribution in [2.24, 2.45) is 11.7 Å². The molecule has 3 atom stereocenters. The molecule has 0 saturated carbocycles. The highest BCUT2D eigenvalue weighted by Gasteiger charge is 2.40. The molecule has 2 fully saturated rings. The van der Waals surface area contributed by atoms with Crippen LogP contribution >= 0.6 is 11.3 Å². The minimum atomic E-state index is 0.269. The molecule has 2 bridgehead atoms. The van der Waals surface area contributed by atoms with Crippen molar-refractivity contribution in [3.05, 3.63) is 21.9 Å². The quantitative estimate of drug-likeness (QED) is 0.874. The van der Waals surface area contributed by atoms with Crippen LogP contribution in [0.15, 0.2) is 12.1 Å². The molecule has 0 aliphatic carbocycles. The van der Waals surface area contributed by atoms with Gasteiger partial charge < -0.3 is 10.6 Å². The van der Waals surface area contributed by atoms with Gasteiger partial charge in [0.1, 0.15) is 0 Å². The normalized spacial score (nSPS) is 35.1. The Morgan fingerprint density at radius 2 is 1.94 bits per heavy atom. The van der Waals surface area contributed by atoms with Crippen LogP contribution < -0.4 is 5.73 Å². The van der Waals surface area contributed by atoms with Crippen molar-refractivity contribution in [1.82, 2.24) is 4.90 Å². The molecule has 2 aliphatic rings. The van der Waals surface area contributed by atoms with E-state index in [9.17, 15) is 0 Å². The van der Waals surface area contributed by atoms with Crippen molar-refractivity contribution in [2.75, 3.05) is 7.05 Å². The molecule has 94 valence electrons. The van der Waals surface area contributed by atoms with Crippen LogP contribution in [0.5, 0.6) is 0 Å². The zero-order valence-electron chi connectivity index (χ0n) is 10.7. The fraction of sp³-hybridized carbons (Fsp3) is 0.714. The number of nitrogens with zero attached hydrogens (tertiary/aromatic N) is 1. The molecule has 3 heteroatoms. The lowest BCUT2D eigenvalue weighted by molar-refractivity contribution is 0.121. The summed E-state index contributed by atoms with van der Waals surface area (Å²) < 4.78 is 0. The highest BCUT2D eigenvalue weighted by Crippen LogP contribution is 2.42. The molecule has 2 aliphatic heterocycles. The molecular weight excluding hydrogens is 228 g/mol. The summed E-state index contributed by atoms with van der Waals surface area (Å²) in [6.45, 7) is 2.17. The minimum Gasteiger partial charge on any atom is -0.323 e. The Labute approximate surface area is 108 Å². The van der Waals surface area contributed by atoms with Crippen molar-refractivity contribution in [2.45, 2.75) is 50.7 Å². The summed E-state index contributed by atoms with van der Waals surface area (Å²) in [6, 6.07) is 6.29. The lowest BCUT2D eigenvalue weighted by Crippen LogP contribution is -2.42. The Morgan fingerprint density at radius 3 is 2.47 bits per heavy atom. The summed E-state index contributed by atoms with van der Waals surface area (Å²) in [7, 11) is 2.29. The second-order valence-electron chi connectivity index (χ2n) is 5.76. The number of piperidine rings is 1. The van der Waals surface area contributed by atoms with E-state index < -0.39 is 0 Å². The van der Waals surface area contributed by atoms with Gasteiger partial charge in [0.15, 0.2) is 0 Å². The molecule has 0 radical (unpaired) electrons. The van der Waals surface area contributed by atoms with Gasteiger partial charge in [-0.05, 0) is 57.7 Å². The van der Waals surface area contributed by atoms with Crippen LogP contribution in [0.1, 0.15) is 41.5 Å². The van der Waals surface area contributed by atoms with Gasteiger partial charge in [0.05, 0.1) is 0 Å². The predicted octanol–water partition coefficient (Wildman–Crippen LogP) is 2.93. The summed E-state index contributed by atoms with van der Waals surface area (Å²) in [5, 5.41) is 0. The third kappa shape index (κ3) is 2.05. The SMILES string of the molecule is Cc1ccc(C(N)C2CC3CCC(C2)N3C)s1. The third-order valence-corrected chi connectivity index (χ3v) is 5.83. The van der Waals surface area contributed by atoms with E-state index in [2.05, 4.69) is 31.0 Å². The summed E-state index contributed by atoms with van der Waals surface area (Å²) in [5.41, 5.74) is 6.47. The Bertz CT molecular complexity index is 387. The smallest absolute Gasteiger partial charge is 0.0419 e. The fourth-order valence-electron chi connectivity index (χ4n) is 3.61. The molecule has 2 nitrogen and oxygen atoms in total. The number of hydrogen-bond donors (Lipinski definition) is 1. The van der Waals surface area contributed by atoms with Crippen LogP contribution in [0.4, 0.5) is 0 Å². The first-order chi connectivity index (χ1) is 8.15. The van der Waals surface area contributed by atoms with Crippen molar-refractivity contribution in [3.8, 4) is 0 Å². The number of nitrogens with two attached hydrogens (primary N) is 1. The predicted molar refractivity (Wildman–Crippen MR) is 73.3 cm³/mol. The van der Waals surface area contributed by atoms with E-state index in [0.717, 1.165) is 12.1 Å². The average molecular weight is 250 g/mol. The highest BCUT2D eigenvalue weighted by atomic mass is 32.1. The largest absolute Gasteiger partial charge is 0.323 e. The van der Waals surface area contributed by atoms with E-state index >= 15 is 0 Å². The standard InChI is InChI=1S/C14H22N2S/c1-9-3-6-13(17-9)14(15)10-7-11-4-5-12(8-10)16(11)2/h3,6,10-12,14H,4-5,7-8,15H2,1-2H3. The molecule has 3 heterocycles. The van der Waals surface area contributed by atoms with Gasteiger partial charge in [-0.2, -0.15) is 0 Å². The molecular formula is C14H22N2S. The molecule has 3 rings (SSSR count). The van der Waals surface area contributed by atoms with Crippen molar-refractivity contribution in [1.29, 1.82) is 0 Å². The third-order valence-electron chi connectivity index (χ3n) is 4.73. The van der Waals surface area contributed by atoms with Gasteiger partial charge in [0.25, 0.3) is 0 Å². The molecule has 0 aromatic carbocycles. The lowest BCUT2D eigenvalue weighted by atomic mass is 9.85. The summed E-state index contributed by atoms with van der Waals surface area (Å²) >= 11 is 1.87. The van der Waals surface area contributed by atoms with Gasteiger partial charge in [0, 0.05) is 27.9 Å². The second-order valence-corrected chi connectivity index (χ2v) is 7.08. The van der Waals surface area contributed by atoms with E-state index in [1.807, 2.05) is 11.3 Å². The fourth-order valence-corrected chi connectivity index (χ4v) is 4.58. The number of hydrogen-bond acceptors (Lipinski definition) is 3. The molecule has 1 aromatic heterocycles. The highest BCUT2D eigenvalue weighted by molar-refractivity contribution is 7.12. The Kier molecular flexibility index (Phi) is 3.01. The average Bonchev–Trinajstić information content (AvgIpc) is 2.79. The van der Waals surface area contributed by atoms with Gasteiger partial charge in [0.2, 0.25) is 0 Å². The van der Waals surface area contributed by atoms with E-state index in [-0.39, 0.29) is 6.04 Å². The zero-order valence-corrected chi connectivity index (χ0v) is 11.5. The van der Waals surface area contributed by atoms with Crippen LogP contribution in [0.3, 0.4) is 0 Å². The first-order valence-electron chi connectivity index (χ1n) is 6.69. The van der Waals surface area contributed by atoms with Gasteiger partial charge >= 0.3 is 0 Å². The second kappa shape index (κ2) is 4.38. The number of aryl methyl sites for hydroxylation is 1. The molecule has 0 spiro atoms. The monoisotopic (exact) mass is 250 g/mol. The van der Waals surface area contributed by atoms with Crippen molar-refractivity contribution in [3.63, 3.8) is 0 Å². The van der Waals surface area contributed by atoms with Crippen LogP contribution in [-0.2, 0) is 0 Å². The topological polar surface area (TPSA) is 29.3 Å². The minimum absolute atomic E-state index is 0.269. The Balaban J connectivity index is 1.74. The van der Waals surface area contributed by atoms with Crippen LogP contribution in [0.25, 0.3) is 0 Å².